The van der Waals surface area contributed by atoms with Gasteiger partial charge in [-0.15, -0.1) is 0 Å². The number of benzene rings is 1. The smallest absolute Gasteiger partial charge is 0.140 e. The molecule has 0 aliphatic rings. The van der Waals surface area contributed by atoms with Crippen LogP contribution < -0.4 is 5.73 Å². The van der Waals surface area contributed by atoms with Gasteiger partial charge in [0, 0.05) is 31.5 Å². The molecule has 102 valence electrons. The lowest BCUT2D eigenvalue weighted by Crippen LogP contribution is -2.11. The summed E-state index contributed by atoms with van der Waals surface area (Å²) in [5.41, 5.74) is 9.20. The van der Waals surface area contributed by atoms with E-state index in [-0.39, 0.29) is 6.54 Å². The second-order valence-electron chi connectivity index (χ2n) is 4.73. The van der Waals surface area contributed by atoms with Crippen molar-refractivity contribution >= 4 is 11.0 Å². The van der Waals surface area contributed by atoms with Crippen LogP contribution in [0.15, 0.2) is 42.7 Å². The summed E-state index contributed by atoms with van der Waals surface area (Å²) in [5.74, 6) is 0.877. The van der Waals surface area contributed by atoms with Gasteiger partial charge in [-0.2, -0.15) is 0 Å². The first-order chi connectivity index (χ1) is 9.70. The Labute approximate surface area is 116 Å². The van der Waals surface area contributed by atoms with Crippen molar-refractivity contribution in [1.82, 2.24) is 14.5 Å². The van der Waals surface area contributed by atoms with E-state index in [0.717, 1.165) is 28.0 Å². The summed E-state index contributed by atoms with van der Waals surface area (Å²) < 4.78 is 2.01. The highest BCUT2D eigenvalue weighted by atomic mass is 16.3. The molecule has 3 aromatic rings. The van der Waals surface area contributed by atoms with E-state index < -0.39 is 6.10 Å². The van der Waals surface area contributed by atoms with Crippen molar-refractivity contribution in [3.8, 4) is 11.4 Å². The minimum Gasteiger partial charge on any atom is -0.387 e. The Kier molecular flexibility index (Phi) is 3.22. The molecule has 20 heavy (non-hydrogen) atoms. The van der Waals surface area contributed by atoms with E-state index in [9.17, 15) is 5.11 Å². The molecule has 0 amide bonds. The number of rotatable bonds is 3. The number of aromatic nitrogens is 3. The Morgan fingerprint density at radius 2 is 2.00 bits per heavy atom. The number of nitrogens with two attached hydrogens (primary N) is 1. The zero-order valence-corrected chi connectivity index (χ0v) is 11.2. The van der Waals surface area contributed by atoms with Crippen LogP contribution in [0.5, 0.6) is 0 Å². The van der Waals surface area contributed by atoms with Gasteiger partial charge in [0.2, 0.25) is 0 Å². The molecule has 0 bridgehead atoms. The summed E-state index contributed by atoms with van der Waals surface area (Å²) in [7, 11) is 1.96. The van der Waals surface area contributed by atoms with Gasteiger partial charge in [0.1, 0.15) is 5.82 Å². The van der Waals surface area contributed by atoms with Crippen LogP contribution in [0.3, 0.4) is 0 Å². The Hall–Kier alpha value is -2.24. The first-order valence-corrected chi connectivity index (χ1v) is 6.45. The number of imidazole rings is 1. The fourth-order valence-corrected chi connectivity index (χ4v) is 2.31. The molecular formula is C15H16N4O. The maximum Gasteiger partial charge on any atom is 0.140 e. The Morgan fingerprint density at radius 1 is 1.25 bits per heavy atom. The average Bonchev–Trinajstić information content (AvgIpc) is 2.84. The van der Waals surface area contributed by atoms with Crippen molar-refractivity contribution in [1.29, 1.82) is 0 Å². The number of aliphatic hydroxyl groups is 1. The van der Waals surface area contributed by atoms with Gasteiger partial charge in [-0.1, -0.05) is 6.07 Å². The molecule has 1 aromatic carbocycles. The molecule has 1 atom stereocenters. The molecule has 0 aliphatic heterocycles. The van der Waals surface area contributed by atoms with E-state index in [4.69, 9.17) is 5.73 Å². The van der Waals surface area contributed by atoms with E-state index >= 15 is 0 Å². The number of nitrogens with zero attached hydrogens (tertiary/aromatic N) is 3. The lowest BCUT2D eigenvalue weighted by atomic mass is 10.1. The van der Waals surface area contributed by atoms with E-state index in [2.05, 4.69) is 9.97 Å². The first-order valence-electron chi connectivity index (χ1n) is 6.45. The molecule has 2 heterocycles. The molecule has 0 fully saturated rings. The largest absolute Gasteiger partial charge is 0.387 e. The molecule has 5 nitrogen and oxygen atoms in total. The molecule has 1 unspecified atom stereocenters. The highest BCUT2D eigenvalue weighted by molar-refractivity contribution is 5.81. The van der Waals surface area contributed by atoms with E-state index in [1.54, 1.807) is 12.4 Å². The third-order valence-corrected chi connectivity index (χ3v) is 3.45. The lowest BCUT2D eigenvalue weighted by molar-refractivity contribution is 0.187. The number of fused-ring (bicyclic) bond motifs is 1. The second-order valence-corrected chi connectivity index (χ2v) is 4.73. The molecule has 2 aromatic heterocycles. The van der Waals surface area contributed by atoms with E-state index in [1.165, 1.54) is 0 Å². The quantitative estimate of drug-likeness (QED) is 0.757. The summed E-state index contributed by atoms with van der Waals surface area (Å²) in [4.78, 5) is 8.65. The van der Waals surface area contributed by atoms with Crippen molar-refractivity contribution in [2.24, 2.45) is 12.8 Å². The SMILES string of the molecule is Cn1c(-c2ccncc2)nc2ccc(C(O)CN)cc21. The topological polar surface area (TPSA) is 77.0 Å². The maximum absolute atomic E-state index is 9.84. The third-order valence-electron chi connectivity index (χ3n) is 3.45. The van der Waals surface area contributed by atoms with Crippen LogP contribution in [0.4, 0.5) is 0 Å². The first kappa shape index (κ1) is 12.8. The fraction of sp³-hybridized carbons (Fsp3) is 0.200. The number of pyridine rings is 1. The number of aryl methyl sites for hydroxylation is 1. The maximum atomic E-state index is 9.84. The van der Waals surface area contributed by atoms with Crippen molar-refractivity contribution in [2.45, 2.75) is 6.10 Å². The van der Waals surface area contributed by atoms with Crippen molar-refractivity contribution in [3.63, 3.8) is 0 Å². The molecule has 0 saturated carbocycles. The summed E-state index contributed by atoms with van der Waals surface area (Å²) in [6.45, 7) is 0.209. The van der Waals surface area contributed by atoms with Crippen LogP contribution in [-0.4, -0.2) is 26.2 Å². The van der Waals surface area contributed by atoms with E-state index in [1.807, 2.05) is 41.9 Å². The van der Waals surface area contributed by atoms with Crippen molar-refractivity contribution < 1.29 is 5.11 Å². The molecule has 3 rings (SSSR count). The zero-order valence-electron chi connectivity index (χ0n) is 11.2. The molecule has 0 aliphatic carbocycles. The third kappa shape index (κ3) is 2.07. The standard InChI is InChI=1S/C15H16N4O/c1-19-13-8-11(14(20)9-16)2-3-12(13)18-15(19)10-4-6-17-7-5-10/h2-8,14,20H,9,16H2,1H3. The summed E-state index contributed by atoms with van der Waals surface area (Å²) in [6, 6.07) is 9.57. The highest BCUT2D eigenvalue weighted by Gasteiger charge is 2.12. The van der Waals surface area contributed by atoms with Crippen LogP contribution in [0.2, 0.25) is 0 Å². The Balaban J connectivity index is 2.16. The van der Waals surface area contributed by atoms with Gasteiger partial charge in [0.25, 0.3) is 0 Å². The van der Waals surface area contributed by atoms with E-state index in [0.29, 0.717) is 0 Å². The Bertz CT molecular complexity index is 736. The second kappa shape index (κ2) is 5.03. The van der Waals surface area contributed by atoms with Gasteiger partial charge in [0.05, 0.1) is 17.1 Å². The number of aliphatic hydroxyl groups excluding tert-OH is 1. The van der Waals surface area contributed by atoms with Crippen LogP contribution in [0, 0.1) is 0 Å². The van der Waals surface area contributed by atoms with Crippen LogP contribution in [0.25, 0.3) is 22.4 Å². The average molecular weight is 268 g/mol. The van der Waals surface area contributed by atoms with Gasteiger partial charge >= 0.3 is 0 Å². The normalized spacial score (nSPS) is 12.8. The number of hydrogen-bond donors (Lipinski definition) is 2. The van der Waals surface area contributed by atoms with Gasteiger partial charge in [-0.25, -0.2) is 4.98 Å². The molecule has 5 heteroatoms. The van der Waals surface area contributed by atoms with Gasteiger partial charge in [-0.05, 0) is 29.8 Å². The van der Waals surface area contributed by atoms with Crippen molar-refractivity contribution in [3.05, 3.63) is 48.3 Å². The monoisotopic (exact) mass is 268 g/mol. The van der Waals surface area contributed by atoms with Crippen molar-refractivity contribution in [2.75, 3.05) is 6.54 Å². The lowest BCUT2D eigenvalue weighted by Gasteiger charge is -2.08. The number of hydrogen-bond acceptors (Lipinski definition) is 4. The summed E-state index contributed by atoms with van der Waals surface area (Å²) >= 11 is 0. The van der Waals surface area contributed by atoms with Crippen LogP contribution in [-0.2, 0) is 7.05 Å². The summed E-state index contributed by atoms with van der Waals surface area (Å²) in [5, 5.41) is 9.84. The molecule has 0 spiro atoms. The molecule has 0 saturated heterocycles. The zero-order chi connectivity index (χ0) is 14.1. The van der Waals surface area contributed by atoms with Gasteiger partial charge in [0.15, 0.2) is 0 Å². The molecule has 0 radical (unpaired) electrons. The predicted octanol–water partition coefficient (Wildman–Crippen LogP) is 1.63. The fourth-order valence-electron chi connectivity index (χ4n) is 2.31. The Morgan fingerprint density at radius 3 is 2.70 bits per heavy atom. The van der Waals surface area contributed by atoms with Gasteiger partial charge in [-0.3, -0.25) is 4.98 Å². The minimum atomic E-state index is -0.640. The van der Waals surface area contributed by atoms with Crippen LogP contribution >= 0.6 is 0 Å². The predicted molar refractivity (Wildman–Crippen MR) is 78.0 cm³/mol. The van der Waals surface area contributed by atoms with Gasteiger partial charge < -0.3 is 15.4 Å². The minimum absolute atomic E-state index is 0.209. The summed E-state index contributed by atoms with van der Waals surface area (Å²) in [6.07, 6.45) is 2.86. The molecule has 3 N–H and O–H groups in total. The van der Waals surface area contributed by atoms with Crippen LogP contribution in [0.1, 0.15) is 11.7 Å². The highest BCUT2D eigenvalue weighted by Crippen LogP contribution is 2.25. The molecular weight excluding hydrogens is 252 g/mol.